The van der Waals surface area contributed by atoms with Crippen LogP contribution < -0.4 is 9.47 Å². The van der Waals surface area contributed by atoms with Gasteiger partial charge >= 0.3 is 0 Å². The molecular formula is C20H24N2O4S. The summed E-state index contributed by atoms with van der Waals surface area (Å²) in [7, 11) is 1.62. The molecule has 6 nitrogen and oxygen atoms in total. The number of thiazole rings is 1. The van der Waals surface area contributed by atoms with Crippen molar-refractivity contribution in [1.82, 2.24) is 9.88 Å². The fourth-order valence-electron chi connectivity index (χ4n) is 3.65. The Bertz CT molecular complexity index is 774. The molecule has 2 aromatic rings. The zero-order valence-electron chi connectivity index (χ0n) is 15.4. The zero-order valence-corrected chi connectivity index (χ0v) is 16.2. The molecule has 144 valence electrons. The molecule has 27 heavy (non-hydrogen) atoms. The van der Waals surface area contributed by atoms with Crippen LogP contribution in [-0.4, -0.2) is 48.7 Å². The fourth-order valence-corrected chi connectivity index (χ4v) is 4.32. The lowest BCUT2D eigenvalue weighted by Crippen LogP contribution is -2.42. The van der Waals surface area contributed by atoms with Crippen LogP contribution in [0.1, 0.15) is 47.2 Å². The number of hydrogen-bond acceptors (Lipinski definition) is 6. The lowest BCUT2D eigenvalue weighted by atomic mass is 10.1. The second kappa shape index (κ2) is 8.27. The summed E-state index contributed by atoms with van der Waals surface area (Å²) in [5, 5.41) is 2.84. The maximum absolute atomic E-state index is 13.1. The molecule has 1 saturated carbocycles. The quantitative estimate of drug-likeness (QED) is 0.782. The molecule has 1 aromatic heterocycles. The first kappa shape index (κ1) is 18.3. The summed E-state index contributed by atoms with van der Waals surface area (Å²) < 4.78 is 17.3. The Labute approximate surface area is 163 Å². The van der Waals surface area contributed by atoms with Crippen molar-refractivity contribution >= 4 is 17.2 Å². The largest absolute Gasteiger partial charge is 0.493 e. The third kappa shape index (κ3) is 4.09. The monoisotopic (exact) mass is 388 g/mol. The van der Waals surface area contributed by atoms with Gasteiger partial charge in [0, 0.05) is 23.7 Å². The number of rotatable bonds is 5. The average Bonchev–Trinajstić information content (AvgIpc) is 3.42. The highest BCUT2D eigenvalue weighted by molar-refractivity contribution is 7.09. The highest BCUT2D eigenvalue weighted by atomic mass is 32.1. The maximum Gasteiger partial charge on any atom is 0.254 e. The Kier molecular flexibility index (Phi) is 5.59. The number of carbonyl (C=O) groups excluding carboxylic acids is 1. The molecule has 0 radical (unpaired) electrons. The van der Waals surface area contributed by atoms with Gasteiger partial charge < -0.3 is 19.1 Å². The molecule has 1 aliphatic carbocycles. The lowest BCUT2D eigenvalue weighted by Gasteiger charge is -2.32. The van der Waals surface area contributed by atoms with Crippen molar-refractivity contribution in [3.8, 4) is 11.5 Å². The first-order valence-corrected chi connectivity index (χ1v) is 10.3. The molecule has 2 fully saturated rings. The smallest absolute Gasteiger partial charge is 0.254 e. The standard InChI is InChI=1S/C20H24N2O4S/c1-24-16-7-6-14(12-17(16)26-15-4-2-3-5-15)20(23)22-9-10-25-18(13-22)19-21-8-11-27-19/h6-8,11-12,15,18H,2-5,9-10,13H2,1H3. The number of benzene rings is 1. The molecule has 1 unspecified atom stereocenters. The molecule has 4 rings (SSSR count). The van der Waals surface area contributed by atoms with Gasteiger partial charge in [-0.1, -0.05) is 0 Å². The van der Waals surface area contributed by atoms with Gasteiger partial charge in [0.2, 0.25) is 0 Å². The topological polar surface area (TPSA) is 60.9 Å². The molecule has 2 aliphatic rings. The Morgan fingerprint density at radius 3 is 2.89 bits per heavy atom. The van der Waals surface area contributed by atoms with E-state index in [1.165, 1.54) is 12.8 Å². The van der Waals surface area contributed by atoms with Crippen LogP contribution in [0.4, 0.5) is 0 Å². The van der Waals surface area contributed by atoms with E-state index in [1.807, 2.05) is 22.4 Å². The Balaban J connectivity index is 1.50. The van der Waals surface area contributed by atoms with E-state index in [0.717, 1.165) is 17.8 Å². The number of aromatic nitrogens is 1. The lowest BCUT2D eigenvalue weighted by molar-refractivity contribution is -0.0229. The number of ether oxygens (including phenoxy) is 3. The number of carbonyl (C=O) groups is 1. The Hall–Kier alpha value is -2.12. The highest BCUT2D eigenvalue weighted by Gasteiger charge is 2.28. The van der Waals surface area contributed by atoms with Crippen LogP contribution in [0, 0.1) is 0 Å². The van der Waals surface area contributed by atoms with Crippen molar-refractivity contribution in [2.75, 3.05) is 26.8 Å². The van der Waals surface area contributed by atoms with Crippen LogP contribution in [0.3, 0.4) is 0 Å². The summed E-state index contributed by atoms with van der Waals surface area (Å²) in [5.41, 5.74) is 0.614. The summed E-state index contributed by atoms with van der Waals surface area (Å²) >= 11 is 1.55. The summed E-state index contributed by atoms with van der Waals surface area (Å²) in [6.07, 6.45) is 6.31. The molecule has 1 saturated heterocycles. The molecule has 2 heterocycles. The molecule has 1 aromatic carbocycles. The average molecular weight is 388 g/mol. The number of morpholine rings is 1. The van der Waals surface area contributed by atoms with Crippen LogP contribution in [-0.2, 0) is 4.74 Å². The Morgan fingerprint density at radius 1 is 1.30 bits per heavy atom. The number of methoxy groups -OCH3 is 1. The maximum atomic E-state index is 13.1. The van der Waals surface area contributed by atoms with Crippen molar-refractivity contribution in [3.05, 3.63) is 40.3 Å². The minimum Gasteiger partial charge on any atom is -0.493 e. The summed E-state index contributed by atoms with van der Waals surface area (Å²) in [6.45, 7) is 1.60. The molecule has 1 amide bonds. The van der Waals surface area contributed by atoms with E-state index < -0.39 is 0 Å². The molecule has 1 atom stereocenters. The summed E-state index contributed by atoms with van der Waals surface area (Å²) in [6, 6.07) is 5.43. The van der Waals surface area contributed by atoms with Crippen molar-refractivity contribution in [2.45, 2.75) is 37.9 Å². The molecular weight excluding hydrogens is 364 g/mol. The first-order valence-electron chi connectivity index (χ1n) is 9.39. The minimum absolute atomic E-state index is 0.0150. The van der Waals surface area contributed by atoms with E-state index >= 15 is 0 Å². The third-order valence-corrected chi connectivity index (χ3v) is 5.95. The van der Waals surface area contributed by atoms with E-state index in [4.69, 9.17) is 14.2 Å². The number of amides is 1. The summed E-state index contributed by atoms with van der Waals surface area (Å²) in [5.74, 6) is 1.31. The number of nitrogens with zero attached hydrogens (tertiary/aromatic N) is 2. The predicted molar refractivity (Wildman–Crippen MR) is 103 cm³/mol. The van der Waals surface area contributed by atoms with E-state index in [-0.39, 0.29) is 18.1 Å². The van der Waals surface area contributed by atoms with E-state index in [1.54, 1.807) is 30.7 Å². The normalized spacial score (nSPS) is 20.6. The fraction of sp³-hybridized carbons (Fsp3) is 0.500. The van der Waals surface area contributed by atoms with Crippen LogP contribution >= 0.6 is 11.3 Å². The van der Waals surface area contributed by atoms with Crippen LogP contribution in [0.25, 0.3) is 0 Å². The predicted octanol–water partition coefficient (Wildman–Crippen LogP) is 3.69. The highest BCUT2D eigenvalue weighted by Crippen LogP contribution is 2.33. The zero-order chi connectivity index (χ0) is 18.6. The SMILES string of the molecule is COc1ccc(C(=O)N2CCOC(c3nccs3)C2)cc1OC1CCCC1. The molecule has 0 bridgehead atoms. The van der Waals surface area contributed by atoms with Gasteiger partial charge in [0.25, 0.3) is 5.91 Å². The second-order valence-corrected chi connectivity index (χ2v) is 7.80. The van der Waals surface area contributed by atoms with Crippen LogP contribution in [0.15, 0.2) is 29.8 Å². The van der Waals surface area contributed by atoms with E-state index in [9.17, 15) is 4.79 Å². The Morgan fingerprint density at radius 2 is 2.15 bits per heavy atom. The van der Waals surface area contributed by atoms with Crippen LogP contribution in [0.2, 0.25) is 0 Å². The van der Waals surface area contributed by atoms with Gasteiger partial charge in [-0.2, -0.15) is 0 Å². The van der Waals surface area contributed by atoms with Gasteiger partial charge in [0.05, 0.1) is 26.4 Å². The molecule has 0 N–H and O–H groups in total. The summed E-state index contributed by atoms with van der Waals surface area (Å²) in [4.78, 5) is 19.2. The molecule has 1 aliphatic heterocycles. The van der Waals surface area contributed by atoms with E-state index in [2.05, 4.69) is 4.98 Å². The molecule has 7 heteroatoms. The first-order chi connectivity index (χ1) is 13.2. The number of hydrogen-bond donors (Lipinski definition) is 0. The van der Waals surface area contributed by atoms with Gasteiger partial charge in [-0.15, -0.1) is 11.3 Å². The van der Waals surface area contributed by atoms with Gasteiger partial charge in [-0.3, -0.25) is 4.79 Å². The van der Waals surface area contributed by atoms with Gasteiger partial charge in [0.15, 0.2) is 11.5 Å². The van der Waals surface area contributed by atoms with Gasteiger partial charge in [-0.25, -0.2) is 4.98 Å². The second-order valence-electron chi connectivity index (χ2n) is 6.87. The molecule has 0 spiro atoms. The van der Waals surface area contributed by atoms with Crippen molar-refractivity contribution in [3.63, 3.8) is 0 Å². The van der Waals surface area contributed by atoms with Gasteiger partial charge in [0.1, 0.15) is 11.1 Å². The minimum atomic E-state index is -0.157. The van der Waals surface area contributed by atoms with Crippen LogP contribution in [0.5, 0.6) is 11.5 Å². The van der Waals surface area contributed by atoms with Gasteiger partial charge in [-0.05, 0) is 43.9 Å². The van der Waals surface area contributed by atoms with Crippen molar-refractivity contribution < 1.29 is 19.0 Å². The van der Waals surface area contributed by atoms with E-state index in [0.29, 0.717) is 36.8 Å². The van der Waals surface area contributed by atoms with Crippen molar-refractivity contribution in [1.29, 1.82) is 0 Å². The third-order valence-electron chi connectivity index (χ3n) is 5.09. The van der Waals surface area contributed by atoms with Crippen molar-refractivity contribution in [2.24, 2.45) is 0 Å².